The zero-order valence-corrected chi connectivity index (χ0v) is 25.1. The number of benzene rings is 2. The molecule has 2 aromatic carbocycles. The zero-order chi connectivity index (χ0) is 30.8. The Hall–Kier alpha value is -4.30. The molecule has 1 aromatic heterocycles. The number of rotatable bonds is 8. The Morgan fingerprint density at radius 1 is 1.14 bits per heavy atom. The molecule has 230 valence electrons. The van der Waals surface area contributed by atoms with Gasteiger partial charge in [-0.1, -0.05) is 36.9 Å². The first-order chi connectivity index (χ1) is 19.7. The SMILES string of the molecule is C=CC(=O)Nc1ccc(C(=O)Nc2n[nH]c3c2CN(C(=O)N[C@H](CN(C)C)c2ccccc2)C3(C)C)cc1C(F)(F)F.S. The van der Waals surface area contributed by atoms with E-state index in [-0.39, 0.29) is 43.5 Å². The van der Waals surface area contributed by atoms with Crippen molar-refractivity contribution in [1.82, 2.24) is 25.3 Å². The number of nitrogens with one attached hydrogen (secondary N) is 4. The lowest BCUT2D eigenvalue weighted by atomic mass is 10.0. The summed E-state index contributed by atoms with van der Waals surface area (Å²) in [5.41, 5.74) is -0.740. The number of hydrogen-bond donors (Lipinski definition) is 4. The Balaban J connectivity index is 0.00000506. The van der Waals surface area contributed by atoms with Gasteiger partial charge in [0, 0.05) is 17.7 Å². The quantitative estimate of drug-likeness (QED) is 0.266. The van der Waals surface area contributed by atoms with Gasteiger partial charge in [0.25, 0.3) is 5.91 Å². The molecule has 2 heterocycles. The molecule has 4 N–H and O–H groups in total. The van der Waals surface area contributed by atoms with E-state index in [1.165, 1.54) is 0 Å². The van der Waals surface area contributed by atoms with Crippen LogP contribution in [0.25, 0.3) is 0 Å². The Kier molecular flexibility index (Phi) is 9.97. The van der Waals surface area contributed by atoms with Crippen molar-refractivity contribution in [2.24, 2.45) is 0 Å². The van der Waals surface area contributed by atoms with Gasteiger partial charge in [0.1, 0.15) is 0 Å². The van der Waals surface area contributed by atoms with Gasteiger partial charge in [-0.3, -0.25) is 14.7 Å². The average molecular weight is 618 g/mol. The number of aromatic nitrogens is 2. The first-order valence-electron chi connectivity index (χ1n) is 13.0. The van der Waals surface area contributed by atoms with Crippen molar-refractivity contribution in [3.05, 3.63) is 89.1 Å². The lowest BCUT2D eigenvalue weighted by Gasteiger charge is -2.34. The van der Waals surface area contributed by atoms with Crippen molar-refractivity contribution in [1.29, 1.82) is 0 Å². The van der Waals surface area contributed by atoms with Crippen LogP contribution in [0.3, 0.4) is 0 Å². The van der Waals surface area contributed by atoms with Crippen LogP contribution in [0, 0.1) is 0 Å². The van der Waals surface area contributed by atoms with Gasteiger partial charge >= 0.3 is 12.2 Å². The highest BCUT2D eigenvalue weighted by molar-refractivity contribution is 7.59. The first-order valence-corrected chi connectivity index (χ1v) is 13.0. The van der Waals surface area contributed by atoms with Crippen LogP contribution in [0.5, 0.6) is 0 Å². The van der Waals surface area contributed by atoms with Crippen LogP contribution in [0.2, 0.25) is 0 Å². The minimum absolute atomic E-state index is 0. The normalized spacial score (nSPS) is 14.4. The van der Waals surface area contributed by atoms with Crippen molar-refractivity contribution in [2.75, 3.05) is 31.3 Å². The summed E-state index contributed by atoms with van der Waals surface area (Å²) in [6, 6.07) is 11.8. The maximum Gasteiger partial charge on any atom is 0.418 e. The van der Waals surface area contributed by atoms with E-state index >= 15 is 0 Å². The summed E-state index contributed by atoms with van der Waals surface area (Å²) in [5.74, 6) is -1.56. The fourth-order valence-electron chi connectivity index (χ4n) is 4.85. The number of hydrogen-bond acceptors (Lipinski definition) is 5. The highest BCUT2D eigenvalue weighted by Gasteiger charge is 2.44. The van der Waals surface area contributed by atoms with E-state index in [4.69, 9.17) is 0 Å². The van der Waals surface area contributed by atoms with Crippen LogP contribution in [0.1, 0.15) is 52.6 Å². The Morgan fingerprint density at radius 3 is 2.42 bits per heavy atom. The van der Waals surface area contributed by atoms with Gasteiger partial charge in [0.15, 0.2) is 5.82 Å². The Bertz CT molecular complexity index is 1510. The molecule has 0 saturated carbocycles. The number of amides is 4. The van der Waals surface area contributed by atoms with E-state index in [1.807, 2.05) is 63.2 Å². The summed E-state index contributed by atoms with van der Waals surface area (Å²) < 4.78 is 41.1. The van der Waals surface area contributed by atoms with E-state index in [0.717, 1.165) is 23.8 Å². The number of H-pyrrole nitrogens is 1. The topological polar surface area (TPSA) is 122 Å². The number of halogens is 3. The van der Waals surface area contributed by atoms with E-state index in [1.54, 1.807) is 4.90 Å². The summed E-state index contributed by atoms with van der Waals surface area (Å²) >= 11 is 0. The number of carbonyl (C=O) groups excluding carboxylic acids is 3. The van der Waals surface area contributed by atoms with Gasteiger partial charge in [0.2, 0.25) is 5.91 Å². The molecule has 0 saturated heterocycles. The molecular weight excluding hydrogens is 583 g/mol. The second kappa shape index (κ2) is 12.9. The van der Waals surface area contributed by atoms with Gasteiger partial charge in [0.05, 0.1) is 35.1 Å². The molecule has 10 nitrogen and oxygen atoms in total. The van der Waals surface area contributed by atoms with Crippen molar-refractivity contribution in [2.45, 2.75) is 38.1 Å². The van der Waals surface area contributed by atoms with E-state index < -0.39 is 34.8 Å². The van der Waals surface area contributed by atoms with Crippen LogP contribution in [0.15, 0.2) is 61.2 Å². The van der Waals surface area contributed by atoms with Crippen LogP contribution < -0.4 is 16.0 Å². The molecule has 4 rings (SSSR count). The maximum atomic E-state index is 13.7. The third kappa shape index (κ3) is 7.20. The average Bonchev–Trinajstić information content (AvgIpc) is 3.45. The second-order valence-corrected chi connectivity index (χ2v) is 10.7. The van der Waals surface area contributed by atoms with Gasteiger partial charge in [-0.15, -0.1) is 0 Å². The van der Waals surface area contributed by atoms with E-state index in [9.17, 15) is 27.6 Å². The third-order valence-corrected chi connectivity index (χ3v) is 7.02. The number of anilines is 2. The van der Waals surface area contributed by atoms with Gasteiger partial charge in [-0.25, -0.2) is 4.79 Å². The molecule has 1 atom stereocenters. The highest BCUT2D eigenvalue weighted by atomic mass is 32.1. The van der Waals surface area contributed by atoms with Crippen LogP contribution in [-0.4, -0.2) is 58.5 Å². The number of likely N-dealkylation sites (N-methyl/N-ethyl adjacent to an activating group) is 1. The molecule has 0 unspecified atom stereocenters. The minimum atomic E-state index is -4.84. The van der Waals surface area contributed by atoms with Gasteiger partial charge in [-0.2, -0.15) is 31.8 Å². The molecule has 4 amide bonds. The molecule has 43 heavy (non-hydrogen) atoms. The largest absolute Gasteiger partial charge is 0.418 e. The standard InChI is InChI=1S/C29H32F3N7O3.H2S/c1-6-23(40)33-21-13-12-18(14-20(21)29(30,31)32)26(41)35-25-19-15-39(28(2,3)24(19)36-37-25)27(42)34-22(16-38(4)5)17-10-8-7-9-11-17;/h6-14,22H,1,15-16H2,2-5H3,(H,33,40)(H,34,42)(H2,35,36,37,41);1H2/t22-;/m1./s1. The molecule has 0 radical (unpaired) electrons. The fourth-order valence-corrected chi connectivity index (χ4v) is 4.85. The van der Waals surface area contributed by atoms with Crippen molar-refractivity contribution < 1.29 is 27.6 Å². The number of nitrogens with zero attached hydrogens (tertiary/aromatic N) is 3. The van der Waals surface area contributed by atoms with Crippen molar-refractivity contribution in [3.8, 4) is 0 Å². The third-order valence-electron chi connectivity index (χ3n) is 7.02. The zero-order valence-electron chi connectivity index (χ0n) is 24.1. The maximum absolute atomic E-state index is 13.7. The molecule has 14 heteroatoms. The molecule has 1 aliphatic heterocycles. The number of fused-ring (bicyclic) bond motifs is 1. The molecule has 0 fully saturated rings. The predicted octanol–water partition coefficient (Wildman–Crippen LogP) is 4.98. The monoisotopic (exact) mass is 617 g/mol. The summed E-state index contributed by atoms with van der Waals surface area (Å²) in [4.78, 5) is 41.7. The molecule has 0 spiro atoms. The van der Waals surface area contributed by atoms with E-state index in [0.29, 0.717) is 23.9 Å². The summed E-state index contributed by atoms with van der Waals surface area (Å²) in [6.45, 7) is 7.56. The molecule has 1 aliphatic rings. The number of aromatic amines is 1. The predicted molar refractivity (Wildman–Crippen MR) is 162 cm³/mol. The Morgan fingerprint density at radius 2 is 1.81 bits per heavy atom. The van der Waals surface area contributed by atoms with E-state index in [2.05, 4.69) is 32.7 Å². The van der Waals surface area contributed by atoms with Crippen molar-refractivity contribution in [3.63, 3.8) is 0 Å². The Labute approximate surface area is 254 Å². The summed E-state index contributed by atoms with van der Waals surface area (Å²) in [6.07, 6.45) is -4.00. The summed E-state index contributed by atoms with van der Waals surface area (Å²) in [5, 5.41) is 14.8. The smallest absolute Gasteiger partial charge is 0.330 e. The molecule has 0 bridgehead atoms. The van der Waals surface area contributed by atoms with Gasteiger partial charge in [-0.05, 0) is 57.8 Å². The first kappa shape index (κ1) is 33.2. The number of urea groups is 1. The summed E-state index contributed by atoms with van der Waals surface area (Å²) in [7, 11) is 3.83. The number of carbonyl (C=O) groups is 3. The lowest BCUT2D eigenvalue weighted by molar-refractivity contribution is -0.137. The highest BCUT2D eigenvalue weighted by Crippen LogP contribution is 2.41. The van der Waals surface area contributed by atoms with Gasteiger partial charge < -0.3 is 25.8 Å². The fraction of sp³-hybridized carbons (Fsp3) is 0.310. The molecule has 3 aromatic rings. The van der Waals surface area contributed by atoms with Crippen LogP contribution >= 0.6 is 13.5 Å². The van der Waals surface area contributed by atoms with Crippen LogP contribution in [0.4, 0.5) is 29.5 Å². The second-order valence-electron chi connectivity index (χ2n) is 10.7. The molecule has 0 aliphatic carbocycles. The molecular formula is C29H34F3N7O3S. The van der Waals surface area contributed by atoms with Crippen molar-refractivity contribution >= 4 is 42.8 Å². The minimum Gasteiger partial charge on any atom is -0.330 e. The lowest BCUT2D eigenvalue weighted by Crippen LogP contribution is -2.48. The number of alkyl halides is 3. The van der Waals surface area contributed by atoms with Crippen LogP contribution in [-0.2, 0) is 23.1 Å².